The Morgan fingerprint density at radius 3 is 2.86 bits per heavy atom. The van der Waals surface area contributed by atoms with Crippen molar-refractivity contribution in [2.45, 2.75) is 18.9 Å². The quantitative estimate of drug-likeness (QED) is 0.771. The summed E-state index contributed by atoms with van der Waals surface area (Å²) in [5, 5.41) is 2.91. The number of furan rings is 1. The highest BCUT2D eigenvalue weighted by atomic mass is 16.5. The van der Waals surface area contributed by atoms with Crippen molar-refractivity contribution in [1.29, 1.82) is 0 Å². The van der Waals surface area contributed by atoms with E-state index in [1.165, 1.54) is 6.26 Å². The molecular formula is C10H13NO3. The van der Waals surface area contributed by atoms with Gasteiger partial charge in [0.1, 0.15) is 0 Å². The standard InChI is InChI=1S/C10H13NO3/c12-10(9-2-1-5-14-9)11-8-3-6-13-7-4-8/h1-2,5,8H,3-4,6-7H2,(H,11,12). The van der Waals surface area contributed by atoms with Crippen molar-refractivity contribution >= 4 is 5.91 Å². The summed E-state index contributed by atoms with van der Waals surface area (Å²) < 4.78 is 10.2. The molecule has 2 rings (SSSR count). The molecule has 4 nitrogen and oxygen atoms in total. The van der Waals surface area contributed by atoms with E-state index in [4.69, 9.17) is 9.15 Å². The van der Waals surface area contributed by atoms with Crippen LogP contribution in [0.4, 0.5) is 0 Å². The first-order valence-corrected chi connectivity index (χ1v) is 4.78. The predicted octanol–water partition coefficient (Wildman–Crippen LogP) is 1.19. The summed E-state index contributed by atoms with van der Waals surface area (Å²) in [6.07, 6.45) is 3.26. The van der Waals surface area contributed by atoms with Gasteiger partial charge in [0.05, 0.1) is 6.26 Å². The van der Waals surface area contributed by atoms with Gasteiger partial charge in [-0.2, -0.15) is 0 Å². The first-order chi connectivity index (χ1) is 6.86. The molecule has 0 unspecified atom stereocenters. The average Bonchev–Trinajstić information content (AvgIpc) is 2.72. The lowest BCUT2D eigenvalue weighted by Crippen LogP contribution is -2.38. The van der Waals surface area contributed by atoms with Crippen molar-refractivity contribution in [3.63, 3.8) is 0 Å². The summed E-state index contributed by atoms with van der Waals surface area (Å²) in [6.45, 7) is 1.45. The van der Waals surface area contributed by atoms with Gasteiger partial charge in [0.2, 0.25) is 0 Å². The molecule has 1 aliphatic heterocycles. The van der Waals surface area contributed by atoms with Gasteiger partial charge in [-0.15, -0.1) is 0 Å². The maximum atomic E-state index is 11.5. The number of hydrogen-bond donors (Lipinski definition) is 1. The Bertz CT molecular complexity index is 288. The predicted molar refractivity (Wildman–Crippen MR) is 50.0 cm³/mol. The zero-order valence-electron chi connectivity index (χ0n) is 7.86. The molecule has 0 bridgehead atoms. The Labute approximate surface area is 82.2 Å². The van der Waals surface area contributed by atoms with Crippen molar-refractivity contribution in [2.24, 2.45) is 0 Å². The van der Waals surface area contributed by atoms with Crippen molar-refractivity contribution in [3.8, 4) is 0 Å². The minimum Gasteiger partial charge on any atom is -0.459 e. The van der Waals surface area contributed by atoms with Crippen LogP contribution >= 0.6 is 0 Å². The van der Waals surface area contributed by atoms with E-state index >= 15 is 0 Å². The summed E-state index contributed by atoms with van der Waals surface area (Å²) in [4.78, 5) is 11.5. The van der Waals surface area contributed by atoms with E-state index in [1.54, 1.807) is 12.1 Å². The lowest BCUT2D eigenvalue weighted by atomic mass is 10.1. The highest BCUT2D eigenvalue weighted by Gasteiger charge is 2.17. The molecule has 1 saturated heterocycles. The van der Waals surface area contributed by atoms with E-state index in [0.717, 1.165) is 26.1 Å². The molecule has 1 N–H and O–H groups in total. The fourth-order valence-corrected chi connectivity index (χ4v) is 1.51. The SMILES string of the molecule is O=C(NC1CCOCC1)c1ccco1. The molecule has 1 amide bonds. The summed E-state index contributed by atoms with van der Waals surface area (Å²) in [5.74, 6) is 0.235. The average molecular weight is 195 g/mol. The molecule has 1 aromatic heterocycles. The van der Waals surface area contributed by atoms with Crippen molar-refractivity contribution in [3.05, 3.63) is 24.2 Å². The van der Waals surface area contributed by atoms with Crippen LogP contribution in [0.15, 0.2) is 22.8 Å². The van der Waals surface area contributed by atoms with Gasteiger partial charge >= 0.3 is 0 Å². The Balaban J connectivity index is 1.87. The van der Waals surface area contributed by atoms with Gasteiger partial charge in [0.15, 0.2) is 5.76 Å². The maximum absolute atomic E-state index is 11.5. The van der Waals surface area contributed by atoms with Crippen LogP contribution in [0.5, 0.6) is 0 Å². The molecule has 1 aliphatic rings. The van der Waals surface area contributed by atoms with E-state index in [1.807, 2.05) is 0 Å². The molecule has 0 saturated carbocycles. The van der Waals surface area contributed by atoms with Crippen LogP contribution in [0, 0.1) is 0 Å². The van der Waals surface area contributed by atoms with Crippen LogP contribution in [0.3, 0.4) is 0 Å². The van der Waals surface area contributed by atoms with Crippen LogP contribution in [0.1, 0.15) is 23.4 Å². The van der Waals surface area contributed by atoms with Crippen molar-refractivity contribution in [2.75, 3.05) is 13.2 Å². The van der Waals surface area contributed by atoms with Crippen molar-refractivity contribution < 1.29 is 13.9 Å². The summed E-state index contributed by atoms with van der Waals surface area (Å²) in [7, 11) is 0. The summed E-state index contributed by atoms with van der Waals surface area (Å²) in [6, 6.07) is 3.59. The van der Waals surface area contributed by atoms with Gasteiger partial charge in [0.25, 0.3) is 5.91 Å². The van der Waals surface area contributed by atoms with Gasteiger partial charge in [-0.1, -0.05) is 0 Å². The zero-order valence-corrected chi connectivity index (χ0v) is 7.86. The van der Waals surface area contributed by atoms with Gasteiger partial charge < -0.3 is 14.5 Å². The Hall–Kier alpha value is -1.29. The normalized spacial score (nSPS) is 18.0. The number of nitrogens with one attached hydrogen (secondary N) is 1. The van der Waals surface area contributed by atoms with E-state index < -0.39 is 0 Å². The van der Waals surface area contributed by atoms with E-state index in [9.17, 15) is 4.79 Å². The van der Waals surface area contributed by atoms with Crippen LogP contribution in [-0.2, 0) is 4.74 Å². The molecule has 4 heteroatoms. The van der Waals surface area contributed by atoms with Crippen LogP contribution in [0.25, 0.3) is 0 Å². The lowest BCUT2D eigenvalue weighted by molar-refractivity contribution is 0.0683. The molecular weight excluding hydrogens is 182 g/mol. The van der Waals surface area contributed by atoms with Gasteiger partial charge in [-0.25, -0.2) is 0 Å². The Morgan fingerprint density at radius 1 is 1.43 bits per heavy atom. The van der Waals surface area contributed by atoms with E-state index in [2.05, 4.69) is 5.32 Å². The fourth-order valence-electron chi connectivity index (χ4n) is 1.51. The molecule has 2 heterocycles. The molecule has 0 radical (unpaired) electrons. The number of ether oxygens (including phenoxy) is 1. The molecule has 0 aromatic carbocycles. The maximum Gasteiger partial charge on any atom is 0.287 e. The fraction of sp³-hybridized carbons (Fsp3) is 0.500. The number of rotatable bonds is 2. The first kappa shape index (κ1) is 9.27. The second-order valence-corrected chi connectivity index (χ2v) is 3.34. The summed E-state index contributed by atoms with van der Waals surface area (Å²) >= 11 is 0. The van der Waals surface area contributed by atoms with Gasteiger partial charge in [-0.3, -0.25) is 4.79 Å². The zero-order chi connectivity index (χ0) is 9.80. The van der Waals surface area contributed by atoms with Gasteiger partial charge in [-0.05, 0) is 25.0 Å². The molecule has 0 atom stereocenters. The number of hydrogen-bond acceptors (Lipinski definition) is 3. The first-order valence-electron chi connectivity index (χ1n) is 4.78. The minimum absolute atomic E-state index is 0.137. The Morgan fingerprint density at radius 2 is 2.21 bits per heavy atom. The third-order valence-electron chi connectivity index (χ3n) is 2.30. The Kier molecular flexibility index (Phi) is 2.84. The highest BCUT2D eigenvalue weighted by Crippen LogP contribution is 2.08. The molecule has 1 fully saturated rings. The number of amides is 1. The third-order valence-corrected chi connectivity index (χ3v) is 2.30. The van der Waals surface area contributed by atoms with Gasteiger partial charge in [0, 0.05) is 19.3 Å². The summed E-state index contributed by atoms with van der Waals surface area (Å²) in [5.41, 5.74) is 0. The molecule has 0 aliphatic carbocycles. The van der Waals surface area contributed by atoms with Crippen molar-refractivity contribution in [1.82, 2.24) is 5.32 Å². The third kappa shape index (κ3) is 2.14. The smallest absolute Gasteiger partial charge is 0.287 e. The monoisotopic (exact) mass is 195 g/mol. The van der Waals surface area contributed by atoms with E-state index in [-0.39, 0.29) is 11.9 Å². The molecule has 14 heavy (non-hydrogen) atoms. The molecule has 1 aromatic rings. The largest absolute Gasteiger partial charge is 0.459 e. The van der Waals surface area contributed by atoms with Crippen LogP contribution < -0.4 is 5.32 Å². The highest BCUT2D eigenvalue weighted by molar-refractivity contribution is 5.91. The molecule has 76 valence electrons. The lowest BCUT2D eigenvalue weighted by Gasteiger charge is -2.22. The van der Waals surface area contributed by atoms with Crippen LogP contribution in [-0.4, -0.2) is 25.2 Å². The van der Waals surface area contributed by atoms with E-state index in [0.29, 0.717) is 5.76 Å². The second kappa shape index (κ2) is 4.28. The van der Waals surface area contributed by atoms with Crippen LogP contribution in [0.2, 0.25) is 0 Å². The number of carbonyl (C=O) groups is 1. The second-order valence-electron chi connectivity index (χ2n) is 3.34. The number of carbonyl (C=O) groups excluding carboxylic acids is 1. The topological polar surface area (TPSA) is 51.5 Å². The molecule has 0 spiro atoms. The minimum atomic E-state index is -0.137.